The quantitative estimate of drug-likeness (QED) is 0.0938. The summed E-state index contributed by atoms with van der Waals surface area (Å²) in [7, 11) is 0. The minimum Gasteiger partial charge on any atom is -0.364 e. The molecular formula is C28H44N6O3. The van der Waals surface area contributed by atoms with Gasteiger partial charge in [-0.2, -0.15) is 0 Å². The zero-order chi connectivity index (χ0) is 26.6. The first-order valence-electron chi connectivity index (χ1n) is 13.9. The maximum Gasteiger partial charge on any atom is 0.354 e. The Hall–Kier alpha value is -3.23. The molecule has 9 nitrogen and oxygen atoms in total. The second-order valence-electron chi connectivity index (χ2n) is 9.54. The summed E-state index contributed by atoms with van der Waals surface area (Å²) in [4.78, 5) is 31.3. The number of rotatable bonds is 21. The molecule has 3 N–H and O–H groups in total. The summed E-state index contributed by atoms with van der Waals surface area (Å²) in [5.41, 5.74) is 5.62. The van der Waals surface area contributed by atoms with Gasteiger partial charge in [0.25, 0.3) is 0 Å². The van der Waals surface area contributed by atoms with Crippen molar-refractivity contribution in [2.75, 3.05) is 17.3 Å². The third kappa shape index (κ3) is 13.0. The third-order valence-corrected chi connectivity index (χ3v) is 6.36. The zero-order valence-corrected chi connectivity index (χ0v) is 22.3. The van der Waals surface area contributed by atoms with Crippen LogP contribution in [0.2, 0.25) is 0 Å². The fraction of sp³-hybridized carbons (Fsp3) is 0.607. The van der Waals surface area contributed by atoms with Crippen LogP contribution < -0.4 is 16.2 Å². The highest BCUT2D eigenvalue weighted by Crippen LogP contribution is 2.28. The molecule has 0 aliphatic carbocycles. The molecule has 0 aliphatic heterocycles. The second-order valence-corrected chi connectivity index (χ2v) is 9.54. The largest absolute Gasteiger partial charge is 0.364 e. The lowest BCUT2D eigenvalue weighted by Gasteiger charge is -2.11. The maximum absolute atomic E-state index is 12.2. The fourth-order valence-corrected chi connectivity index (χ4v) is 4.25. The minimum absolute atomic E-state index is 0.0510. The van der Waals surface area contributed by atoms with E-state index in [-0.39, 0.29) is 29.7 Å². The van der Waals surface area contributed by atoms with Crippen molar-refractivity contribution >= 4 is 23.2 Å². The van der Waals surface area contributed by atoms with Crippen molar-refractivity contribution in [2.24, 2.45) is 0 Å². The first kappa shape index (κ1) is 30.0. The van der Waals surface area contributed by atoms with E-state index in [2.05, 4.69) is 33.1 Å². The molecule has 0 radical (unpaired) electrons. The van der Waals surface area contributed by atoms with Gasteiger partial charge in [-0.05, 0) is 12.0 Å². The molecule has 1 amide bonds. The topological polar surface area (TPSA) is 122 Å². The van der Waals surface area contributed by atoms with E-state index in [1.807, 2.05) is 30.3 Å². The minimum atomic E-state index is -0.542. The number of nitro groups is 1. The van der Waals surface area contributed by atoms with Crippen molar-refractivity contribution in [2.45, 2.75) is 103 Å². The number of hydrazine groups is 1. The molecule has 1 aromatic carbocycles. The van der Waals surface area contributed by atoms with Gasteiger partial charge in [0.2, 0.25) is 17.5 Å². The van der Waals surface area contributed by atoms with E-state index < -0.39 is 4.92 Å². The van der Waals surface area contributed by atoms with Gasteiger partial charge in [-0.3, -0.25) is 25.8 Å². The number of benzene rings is 1. The lowest BCUT2D eigenvalue weighted by Crippen LogP contribution is -2.31. The van der Waals surface area contributed by atoms with Gasteiger partial charge in [0, 0.05) is 6.54 Å². The normalized spacial score (nSPS) is 10.7. The molecule has 0 spiro atoms. The molecule has 9 heteroatoms. The molecule has 2 rings (SSSR count). The van der Waals surface area contributed by atoms with Gasteiger partial charge < -0.3 is 5.32 Å². The van der Waals surface area contributed by atoms with E-state index in [4.69, 9.17) is 0 Å². The van der Waals surface area contributed by atoms with Crippen molar-refractivity contribution in [3.8, 4) is 0 Å². The smallest absolute Gasteiger partial charge is 0.354 e. The Bertz CT molecular complexity index is 910. The van der Waals surface area contributed by atoms with Crippen LogP contribution in [0, 0.1) is 10.1 Å². The van der Waals surface area contributed by atoms with Crippen LogP contribution in [0.1, 0.15) is 102 Å². The molecule has 1 heterocycles. The number of hydrogen-bond donors (Lipinski definition) is 3. The van der Waals surface area contributed by atoms with Crippen molar-refractivity contribution in [1.82, 2.24) is 15.4 Å². The molecule has 0 unspecified atom stereocenters. The van der Waals surface area contributed by atoms with Crippen molar-refractivity contribution in [3.63, 3.8) is 0 Å². The average molecular weight is 513 g/mol. The first-order valence-corrected chi connectivity index (χ1v) is 13.9. The van der Waals surface area contributed by atoms with Crippen molar-refractivity contribution < 1.29 is 9.72 Å². The predicted molar refractivity (Wildman–Crippen MR) is 149 cm³/mol. The summed E-state index contributed by atoms with van der Waals surface area (Å²) in [6.45, 7) is 2.85. The van der Waals surface area contributed by atoms with Crippen LogP contribution in [0.25, 0.3) is 0 Å². The number of aromatic nitrogens is 2. The van der Waals surface area contributed by atoms with Crippen LogP contribution in [0.5, 0.6) is 0 Å². The number of amides is 1. The SMILES string of the molecule is CCCCCCCCCCCCCCCCNc1ncnc(NNC(=O)Cc2ccccc2)c1[N+](=O)[O-]. The lowest BCUT2D eigenvalue weighted by molar-refractivity contribution is -0.383. The monoisotopic (exact) mass is 512 g/mol. The van der Waals surface area contributed by atoms with E-state index in [9.17, 15) is 14.9 Å². The Morgan fingerprint density at radius 3 is 1.92 bits per heavy atom. The first-order chi connectivity index (χ1) is 18.1. The number of hydrogen-bond acceptors (Lipinski definition) is 7. The van der Waals surface area contributed by atoms with E-state index in [1.54, 1.807) is 0 Å². The van der Waals surface area contributed by atoms with Crippen LogP contribution in [0.4, 0.5) is 17.3 Å². The zero-order valence-electron chi connectivity index (χ0n) is 22.3. The maximum atomic E-state index is 12.2. The Labute approximate surface area is 221 Å². The van der Waals surface area contributed by atoms with Gasteiger partial charge in [0.15, 0.2) is 0 Å². The molecule has 0 bridgehead atoms. The predicted octanol–water partition coefficient (Wildman–Crippen LogP) is 6.96. The molecular weight excluding hydrogens is 468 g/mol. The number of unbranched alkanes of at least 4 members (excludes halogenated alkanes) is 13. The number of carbonyl (C=O) groups excluding carboxylic acids is 1. The number of carbonyl (C=O) groups is 1. The van der Waals surface area contributed by atoms with Crippen LogP contribution in [0.15, 0.2) is 36.7 Å². The summed E-state index contributed by atoms with van der Waals surface area (Å²) < 4.78 is 0. The Morgan fingerprint density at radius 1 is 0.811 bits per heavy atom. The highest BCUT2D eigenvalue weighted by molar-refractivity contribution is 5.80. The van der Waals surface area contributed by atoms with Crippen LogP contribution in [-0.4, -0.2) is 27.3 Å². The van der Waals surface area contributed by atoms with Crippen molar-refractivity contribution in [3.05, 3.63) is 52.3 Å². The Kier molecular flexibility index (Phi) is 15.4. The van der Waals surface area contributed by atoms with Gasteiger partial charge in [0.1, 0.15) is 6.33 Å². The molecule has 37 heavy (non-hydrogen) atoms. The van der Waals surface area contributed by atoms with Crippen LogP contribution >= 0.6 is 0 Å². The lowest BCUT2D eigenvalue weighted by atomic mass is 10.0. The molecule has 1 aromatic heterocycles. The molecule has 0 atom stereocenters. The summed E-state index contributed by atoms with van der Waals surface area (Å²) in [5.74, 6) is -0.226. The fourth-order valence-electron chi connectivity index (χ4n) is 4.25. The summed E-state index contributed by atoms with van der Waals surface area (Å²) in [5, 5.41) is 14.7. The molecule has 204 valence electrons. The number of nitrogens with one attached hydrogen (secondary N) is 3. The summed E-state index contributed by atoms with van der Waals surface area (Å²) in [6, 6.07) is 9.25. The van der Waals surface area contributed by atoms with Gasteiger partial charge in [0.05, 0.1) is 11.3 Å². The molecule has 0 saturated heterocycles. The van der Waals surface area contributed by atoms with Gasteiger partial charge >= 0.3 is 5.69 Å². The number of anilines is 2. The highest BCUT2D eigenvalue weighted by atomic mass is 16.6. The summed E-state index contributed by atoms with van der Waals surface area (Å²) >= 11 is 0. The average Bonchev–Trinajstić information content (AvgIpc) is 2.90. The van der Waals surface area contributed by atoms with Gasteiger partial charge in [-0.15, -0.1) is 0 Å². The van der Waals surface area contributed by atoms with E-state index >= 15 is 0 Å². The molecule has 0 saturated carbocycles. The van der Waals surface area contributed by atoms with E-state index in [1.165, 1.54) is 83.4 Å². The van der Waals surface area contributed by atoms with Crippen LogP contribution in [0.3, 0.4) is 0 Å². The Balaban J connectivity index is 1.61. The molecule has 0 fully saturated rings. The number of nitrogens with zero attached hydrogens (tertiary/aromatic N) is 3. The standard InChI is InChI=1S/C28H44N6O3/c1-2-3-4-5-6-7-8-9-10-11-12-13-14-18-21-29-27-26(34(36)37)28(31-23-30-27)33-32-25(35)22-24-19-16-15-17-20-24/h15-17,19-20,23H,2-14,18,21-22H2,1H3,(H,32,35)(H2,29,30,31,33). The molecule has 2 aromatic rings. The Morgan fingerprint density at radius 2 is 1.35 bits per heavy atom. The molecule has 0 aliphatic rings. The highest BCUT2D eigenvalue weighted by Gasteiger charge is 2.23. The van der Waals surface area contributed by atoms with E-state index in [0.29, 0.717) is 6.54 Å². The summed E-state index contributed by atoms with van der Waals surface area (Å²) in [6.07, 6.45) is 19.3. The van der Waals surface area contributed by atoms with Crippen molar-refractivity contribution in [1.29, 1.82) is 0 Å². The van der Waals surface area contributed by atoms with Crippen LogP contribution in [-0.2, 0) is 11.2 Å². The van der Waals surface area contributed by atoms with Gasteiger partial charge in [-0.25, -0.2) is 9.97 Å². The third-order valence-electron chi connectivity index (χ3n) is 6.36. The second kappa shape index (κ2) is 19.0. The van der Waals surface area contributed by atoms with Gasteiger partial charge in [-0.1, -0.05) is 121 Å². The van der Waals surface area contributed by atoms with E-state index in [0.717, 1.165) is 18.4 Å².